The Morgan fingerprint density at radius 2 is 1.95 bits per heavy atom. The number of methoxy groups -OCH3 is 1. The van der Waals surface area contributed by atoms with Crippen molar-refractivity contribution in [2.75, 3.05) is 20.3 Å². The molecule has 0 aromatic heterocycles. The van der Waals surface area contributed by atoms with E-state index in [0.717, 1.165) is 5.56 Å². The van der Waals surface area contributed by atoms with Crippen LogP contribution in [0.25, 0.3) is 0 Å². The van der Waals surface area contributed by atoms with Gasteiger partial charge in [0.05, 0.1) is 10.5 Å². The summed E-state index contributed by atoms with van der Waals surface area (Å²) in [6.07, 6.45) is 0.356. The molecule has 0 aliphatic carbocycles. The molecule has 114 valence electrons. The average molecular weight is 366 g/mol. The normalized spacial score (nSPS) is 15.0. The first-order valence-corrected chi connectivity index (χ1v) is 8.77. The SMILES string of the molecule is COCCC(C)(O)CNS(=O)(=O)c1ccc(CBr)cc1. The Hall–Kier alpha value is -0.470. The van der Waals surface area contributed by atoms with E-state index in [2.05, 4.69) is 20.7 Å². The van der Waals surface area contributed by atoms with Crippen molar-refractivity contribution in [1.82, 2.24) is 4.72 Å². The van der Waals surface area contributed by atoms with Gasteiger partial charge in [0.1, 0.15) is 0 Å². The zero-order valence-electron chi connectivity index (χ0n) is 11.6. The number of ether oxygens (including phenoxy) is 1. The molecule has 0 saturated carbocycles. The third kappa shape index (κ3) is 5.49. The van der Waals surface area contributed by atoms with Gasteiger partial charge in [-0.15, -0.1) is 0 Å². The van der Waals surface area contributed by atoms with Gasteiger partial charge in [0.2, 0.25) is 10.0 Å². The van der Waals surface area contributed by atoms with Gasteiger partial charge in [0.15, 0.2) is 0 Å². The van der Waals surface area contributed by atoms with Crippen LogP contribution in [-0.2, 0) is 20.1 Å². The number of aliphatic hydroxyl groups is 1. The van der Waals surface area contributed by atoms with Crippen molar-refractivity contribution < 1.29 is 18.3 Å². The maximum absolute atomic E-state index is 12.1. The minimum absolute atomic E-state index is 0.0567. The zero-order valence-corrected chi connectivity index (χ0v) is 14.0. The summed E-state index contributed by atoms with van der Waals surface area (Å²) in [6, 6.07) is 6.57. The first kappa shape index (κ1) is 17.6. The summed E-state index contributed by atoms with van der Waals surface area (Å²) in [5, 5.41) is 10.7. The van der Waals surface area contributed by atoms with Crippen molar-refractivity contribution in [2.24, 2.45) is 0 Å². The Labute approximate surface area is 128 Å². The number of nitrogens with one attached hydrogen (secondary N) is 1. The summed E-state index contributed by atoms with van der Waals surface area (Å²) < 4.78 is 31.5. The number of benzene rings is 1. The van der Waals surface area contributed by atoms with Crippen LogP contribution in [0.4, 0.5) is 0 Å². The minimum Gasteiger partial charge on any atom is -0.389 e. The summed E-state index contributed by atoms with van der Waals surface area (Å²) in [6.45, 7) is 1.88. The van der Waals surface area contributed by atoms with E-state index in [1.807, 2.05) is 0 Å². The minimum atomic E-state index is -3.61. The fourth-order valence-electron chi connectivity index (χ4n) is 1.50. The summed E-state index contributed by atoms with van der Waals surface area (Å²) in [5.74, 6) is 0. The molecule has 2 N–H and O–H groups in total. The van der Waals surface area contributed by atoms with E-state index in [0.29, 0.717) is 18.4 Å². The van der Waals surface area contributed by atoms with Gasteiger partial charge in [-0.2, -0.15) is 0 Å². The quantitative estimate of drug-likeness (QED) is 0.686. The van der Waals surface area contributed by atoms with E-state index >= 15 is 0 Å². The number of halogens is 1. The molecule has 0 fully saturated rings. The van der Waals surface area contributed by atoms with E-state index in [1.54, 1.807) is 31.2 Å². The van der Waals surface area contributed by atoms with Crippen LogP contribution in [0.1, 0.15) is 18.9 Å². The van der Waals surface area contributed by atoms with E-state index in [9.17, 15) is 13.5 Å². The first-order chi connectivity index (χ1) is 9.30. The molecule has 0 heterocycles. The van der Waals surface area contributed by atoms with Crippen molar-refractivity contribution in [3.63, 3.8) is 0 Å². The Kier molecular flexibility index (Phi) is 6.60. The molecule has 1 rings (SSSR count). The topological polar surface area (TPSA) is 75.6 Å². The highest BCUT2D eigenvalue weighted by atomic mass is 79.9. The van der Waals surface area contributed by atoms with Gasteiger partial charge >= 0.3 is 0 Å². The lowest BCUT2D eigenvalue weighted by Gasteiger charge is -2.23. The third-order valence-corrected chi connectivity index (χ3v) is 4.94. The van der Waals surface area contributed by atoms with Crippen LogP contribution in [0.2, 0.25) is 0 Å². The molecule has 0 aliphatic heterocycles. The summed E-state index contributed by atoms with van der Waals surface area (Å²) in [4.78, 5) is 0.185. The Morgan fingerprint density at radius 3 is 2.45 bits per heavy atom. The second-order valence-electron chi connectivity index (χ2n) is 4.84. The van der Waals surface area contributed by atoms with Crippen LogP contribution in [-0.4, -0.2) is 39.4 Å². The maximum Gasteiger partial charge on any atom is 0.240 e. The molecule has 20 heavy (non-hydrogen) atoms. The van der Waals surface area contributed by atoms with Gasteiger partial charge in [0.25, 0.3) is 0 Å². The molecule has 1 aromatic rings. The molecule has 0 saturated heterocycles. The molecule has 0 amide bonds. The first-order valence-electron chi connectivity index (χ1n) is 6.16. The average Bonchev–Trinajstić information content (AvgIpc) is 2.43. The third-order valence-electron chi connectivity index (χ3n) is 2.88. The van der Waals surface area contributed by atoms with Crippen molar-refractivity contribution in [3.05, 3.63) is 29.8 Å². The highest BCUT2D eigenvalue weighted by molar-refractivity contribution is 9.08. The molecular formula is C13H20BrNO4S. The molecular weight excluding hydrogens is 346 g/mol. The maximum atomic E-state index is 12.1. The van der Waals surface area contributed by atoms with Crippen LogP contribution in [0.5, 0.6) is 0 Å². The van der Waals surface area contributed by atoms with Crippen LogP contribution in [0.15, 0.2) is 29.2 Å². The summed E-state index contributed by atoms with van der Waals surface area (Å²) >= 11 is 3.30. The second-order valence-corrected chi connectivity index (χ2v) is 7.17. The van der Waals surface area contributed by atoms with Crippen molar-refractivity contribution in [2.45, 2.75) is 29.2 Å². The Morgan fingerprint density at radius 1 is 1.35 bits per heavy atom. The van der Waals surface area contributed by atoms with Crippen LogP contribution >= 0.6 is 15.9 Å². The van der Waals surface area contributed by atoms with E-state index in [-0.39, 0.29) is 11.4 Å². The fraction of sp³-hybridized carbons (Fsp3) is 0.538. The lowest BCUT2D eigenvalue weighted by molar-refractivity contribution is 0.0292. The van der Waals surface area contributed by atoms with Crippen LogP contribution < -0.4 is 4.72 Å². The van der Waals surface area contributed by atoms with Gasteiger partial charge in [-0.3, -0.25) is 0 Å². The highest BCUT2D eigenvalue weighted by Gasteiger charge is 2.23. The summed E-state index contributed by atoms with van der Waals surface area (Å²) in [5.41, 5.74) is -0.144. The van der Waals surface area contributed by atoms with E-state index in [1.165, 1.54) is 7.11 Å². The standard InChI is InChI=1S/C13H20BrNO4S/c1-13(16,7-8-19-2)10-15-20(17,18)12-5-3-11(9-14)4-6-12/h3-6,15-16H,7-10H2,1-2H3. The van der Waals surface area contributed by atoms with Crippen LogP contribution in [0, 0.1) is 0 Å². The molecule has 1 unspecified atom stereocenters. The molecule has 0 aliphatic rings. The smallest absolute Gasteiger partial charge is 0.240 e. The monoisotopic (exact) mass is 365 g/mol. The predicted molar refractivity (Wildman–Crippen MR) is 81.4 cm³/mol. The van der Waals surface area contributed by atoms with Crippen molar-refractivity contribution >= 4 is 26.0 Å². The number of hydrogen-bond acceptors (Lipinski definition) is 4. The zero-order chi connectivity index (χ0) is 15.2. The molecule has 5 nitrogen and oxygen atoms in total. The molecule has 0 spiro atoms. The second kappa shape index (κ2) is 7.51. The number of sulfonamides is 1. The molecule has 0 bridgehead atoms. The Balaban J connectivity index is 2.69. The Bertz CT molecular complexity index is 514. The van der Waals surface area contributed by atoms with Gasteiger partial charge in [-0.25, -0.2) is 13.1 Å². The number of alkyl halides is 1. The van der Waals surface area contributed by atoms with Gasteiger partial charge in [-0.05, 0) is 24.6 Å². The number of rotatable bonds is 8. The summed E-state index contributed by atoms with van der Waals surface area (Å²) in [7, 11) is -2.08. The van der Waals surface area contributed by atoms with Gasteiger partial charge < -0.3 is 9.84 Å². The van der Waals surface area contributed by atoms with Gasteiger partial charge in [-0.1, -0.05) is 28.1 Å². The predicted octanol–water partition coefficient (Wildman–Crippen LogP) is 1.65. The molecule has 0 radical (unpaired) electrons. The largest absolute Gasteiger partial charge is 0.389 e. The molecule has 1 atom stereocenters. The lowest BCUT2D eigenvalue weighted by atomic mass is 10.0. The van der Waals surface area contributed by atoms with Gasteiger partial charge in [0, 0.05) is 32.0 Å². The van der Waals surface area contributed by atoms with Crippen molar-refractivity contribution in [3.8, 4) is 0 Å². The van der Waals surface area contributed by atoms with Crippen molar-refractivity contribution in [1.29, 1.82) is 0 Å². The molecule has 1 aromatic carbocycles. The lowest BCUT2D eigenvalue weighted by Crippen LogP contribution is -2.41. The molecule has 7 heteroatoms. The highest BCUT2D eigenvalue weighted by Crippen LogP contribution is 2.14. The number of hydrogen-bond donors (Lipinski definition) is 2. The van der Waals surface area contributed by atoms with E-state index in [4.69, 9.17) is 4.74 Å². The van der Waals surface area contributed by atoms with E-state index < -0.39 is 15.6 Å². The van der Waals surface area contributed by atoms with Crippen LogP contribution in [0.3, 0.4) is 0 Å². The fourth-order valence-corrected chi connectivity index (χ4v) is 3.04.